The summed E-state index contributed by atoms with van der Waals surface area (Å²) in [6, 6.07) is 75.9. The van der Waals surface area contributed by atoms with Gasteiger partial charge in [0.25, 0.3) is 0 Å². The molecular formula is C57H35N3S. The highest BCUT2D eigenvalue weighted by atomic mass is 32.1. The minimum absolute atomic E-state index is 0.643. The van der Waals surface area contributed by atoms with E-state index in [1.165, 1.54) is 64.0 Å². The number of hydrogen-bond acceptors (Lipinski definition) is 4. The van der Waals surface area contributed by atoms with Gasteiger partial charge in [-0.15, -0.1) is 11.3 Å². The fourth-order valence-electron chi connectivity index (χ4n) is 9.00. The fourth-order valence-corrected chi connectivity index (χ4v) is 10.2. The first-order chi connectivity index (χ1) is 30.2. The predicted octanol–water partition coefficient (Wildman–Crippen LogP) is 15.7. The topological polar surface area (TPSA) is 38.7 Å². The number of benzene rings is 10. The molecular weight excluding hydrogens is 759 g/mol. The molecule has 0 saturated heterocycles. The van der Waals surface area contributed by atoms with Crippen LogP contribution in [0.5, 0.6) is 0 Å². The molecule has 0 aliphatic heterocycles. The molecule has 0 spiro atoms. The van der Waals surface area contributed by atoms with E-state index in [2.05, 4.69) is 194 Å². The highest BCUT2D eigenvalue weighted by Crippen LogP contribution is 2.44. The van der Waals surface area contributed by atoms with Gasteiger partial charge in [0.1, 0.15) is 0 Å². The van der Waals surface area contributed by atoms with Crippen molar-refractivity contribution in [1.29, 1.82) is 0 Å². The SMILES string of the molecule is c1ccc(-c2cccc(-c3ccc4cc(-c5ccc6ccccc6c5-c5nc(-c6ccccc6)nc(-c6cccc7c6sc6ccccc67)n5)c5ccccc5c4c3)c2)cc1. The third kappa shape index (κ3) is 6.07. The van der Waals surface area contributed by atoms with Gasteiger partial charge in [0.15, 0.2) is 17.5 Å². The number of nitrogens with zero attached hydrogens (tertiary/aromatic N) is 3. The lowest BCUT2D eigenvalue weighted by atomic mass is 9.87. The van der Waals surface area contributed by atoms with Crippen LogP contribution in [0.4, 0.5) is 0 Å². The maximum Gasteiger partial charge on any atom is 0.165 e. The molecule has 0 amide bonds. The molecule has 61 heavy (non-hydrogen) atoms. The number of thiophene rings is 1. The molecule has 10 aromatic carbocycles. The quantitative estimate of drug-likeness (QED) is 0.157. The van der Waals surface area contributed by atoms with Crippen LogP contribution in [0.2, 0.25) is 0 Å². The first-order valence-electron chi connectivity index (χ1n) is 20.6. The predicted molar refractivity (Wildman–Crippen MR) is 258 cm³/mol. The molecule has 2 heterocycles. The van der Waals surface area contributed by atoms with Crippen LogP contribution in [0.1, 0.15) is 0 Å². The Morgan fingerprint density at radius 1 is 0.279 bits per heavy atom. The van der Waals surface area contributed by atoms with E-state index in [0.29, 0.717) is 17.5 Å². The second-order valence-corrected chi connectivity index (χ2v) is 16.6. The summed E-state index contributed by atoms with van der Waals surface area (Å²) in [6.07, 6.45) is 0. The summed E-state index contributed by atoms with van der Waals surface area (Å²) in [6.45, 7) is 0. The van der Waals surface area contributed by atoms with Crippen LogP contribution in [0.25, 0.3) is 120 Å². The molecule has 0 bridgehead atoms. The Balaban J connectivity index is 1.09. The second-order valence-electron chi connectivity index (χ2n) is 15.5. The number of fused-ring (bicyclic) bond motifs is 7. The molecule has 0 aliphatic rings. The molecule has 0 saturated carbocycles. The smallest absolute Gasteiger partial charge is 0.165 e. The van der Waals surface area contributed by atoms with Crippen molar-refractivity contribution in [2.75, 3.05) is 0 Å². The van der Waals surface area contributed by atoms with Gasteiger partial charge in [-0.05, 0) is 96.0 Å². The zero-order valence-corrected chi connectivity index (χ0v) is 33.8. The van der Waals surface area contributed by atoms with E-state index in [9.17, 15) is 0 Å². The minimum atomic E-state index is 0.643. The van der Waals surface area contributed by atoms with Crippen molar-refractivity contribution in [3.8, 4) is 67.5 Å². The van der Waals surface area contributed by atoms with Crippen LogP contribution in [0.3, 0.4) is 0 Å². The van der Waals surface area contributed by atoms with Crippen molar-refractivity contribution in [2.45, 2.75) is 0 Å². The summed E-state index contributed by atoms with van der Waals surface area (Å²) in [5, 5.41) is 9.44. The number of hydrogen-bond donors (Lipinski definition) is 0. The molecule has 0 unspecified atom stereocenters. The van der Waals surface area contributed by atoms with Gasteiger partial charge in [0.2, 0.25) is 0 Å². The Bertz CT molecular complexity index is 3650. The van der Waals surface area contributed by atoms with E-state index in [-0.39, 0.29) is 0 Å². The van der Waals surface area contributed by atoms with Crippen LogP contribution < -0.4 is 0 Å². The Labute approximate surface area is 356 Å². The Morgan fingerprint density at radius 3 is 1.70 bits per heavy atom. The van der Waals surface area contributed by atoms with Crippen molar-refractivity contribution < 1.29 is 0 Å². The largest absolute Gasteiger partial charge is 0.208 e. The fraction of sp³-hybridized carbons (Fsp3) is 0. The molecule has 12 aromatic rings. The Hall–Kier alpha value is -7.79. The standard InChI is InChI=1S/C57H35N3S/c1-3-15-36(16-4-1)39-20-13-21-40(33-39)41-29-30-42-35-51(45-24-10-9-23-44(45)50(42)34-41)47-32-31-37-17-7-8-22-43(37)53(47)57-59-55(38-18-5-2-6-19-38)58-56(60-57)49-27-14-26-48-46-25-11-12-28-52(46)61-54(48)49/h1-35H. The van der Waals surface area contributed by atoms with Gasteiger partial charge in [-0.2, -0.15) is 0 Å². The van der Waals surface area contributed by atoms with Crippen molar-refractivity contribution >= 4 is 63.8 Å². The Morgan fingerprint density at radius 2 is 0.869 bits per heavy atom. The summed E-state index contributed by atoms with van der Waals surface area (Å²) in [5.41, 5.74) is 9.95. The zero-order chi connectivity index (χ0) is 40.3. The lowest BCUT2D eigenvalue weighted by molar-refractivity contribution is 1.08. The second kappa shape index (κ2) is 14.5. The van der Waals surface area contributed by atoms with Gasteiger partial charge in [-0.3, -0.25) is 0 Å². The Kier molecular flexibility index (Phi) is 8.36. The molecule has 0 fully saturated rings. The molecule has 12 rings (SSSR count). The van der Waals surface area contributed by atoms with E-state index in [1.807, 2.05) is 18.2 Å². The number of aromatic nitrogens is 3. The van der Waals surface area contributed by atoms with Crippen molar-refractivity contribution in [3.05, 3.63) is 212 Å². The van der Waals surface area contributed by atoms with E-state index >= 15 is 0 Å². The average molecular weight is 794 g/mol. The van der Waals surface area contributed by atoms with Crippen molar-refractivity contribution in [3.63, 3.8) is 0 Å². The van der Waals surface area contributed by atoms with Crippen LogP contribution in [0.15, 0.2) is 212 Å². The highest BCUT2D eigenvalue weighted by molar-refractivity contribution is 7.26. The summed E-state index contributed by atoms with van der Waals surface area (Å²) in [7, 11) is 0. The maximum absolute atomic E-state index is 5.46. The summed E-state index contributed by atoms with van der Waals surface area (Å²) < 4.78 is 2.42. The van der Waals surface area contributed by atoms with Crippen molar-refractivity contribution in [2.24, 2.45) is 0 Å². The highest BCUT2D eigenvalue weighted by Gasteiger charge is 2.22. The van der Waals surface area contributed by atoms with Crippen molar-refractivity contribution in [1.82, 2.24) is 15.0 Å². The number of rotatable bonds is 6. The van der Waals surface area contributed by atoms with Gasteiger partial charge in [-0.25, -0.2) is 15.0 Å². The van der Waals surface area contributed by atoms with E-state index < -0.39 is 0 Å². The lowest BCUT2D eigenvalue weighted by Gasteiger charge is -2.18. The summed E-state index contributed by atoms with van der Waals surface area (Å²) in [5.74, 6) is 1.95. The van der Waals surface area contributed by atoms with Gasteiger partial charge in [0.05, 0.1) is 0 Å². The average Bonchev–Trinajstić information content (AvgIpc) is 3.73. The molecule has 284 valence electrons. The minimum Gasteiger partial charge on any atom is -0.208 e. The van der Waals surface area contributed by atoms with Crippen LogP contribution >= 0.6 is 11.3 Å². The first kappa shape index (κ1) is 35.2. The molecule has 0 aliphatic carbocycles. The molecule has 0 radical (unpaired) electrons. The first-order valence-corrected chi connectivity index (χ1v) is 21.4. The zero-order valence-electron chi connectivity index (χ0n) is 33.0. The normalized spacial score (nSPS) is 11.6. The van der Waals surface area contributed by atoms with Gasteiger partial charge >= 0.3 is 0 Å². The molecule has 4 heteroatoms. The lowest BCUT2D eigenvalue weighted by Crippen LogP contribution is -2.02. The molecule has 3 nitrogen and oxygen atoms in total. The van der Waals surface area contributed by atoms with Crippen LogP contribution in [-0.4, -0.2) is 15.0 Å². The maximum atomic E-state index is 5.46. The molecule has 0 atom stereocenters. The third-order valence-corrected chi connectivity index (χ3v) is 13.1. The molecule has 2 aromatic heterocycles. The van der Waals surface area contributed by atoms with Gasteiger partial charge in [-0.1, -0.05) is 182 Å². The third-order valence-electron chi connectivity index (χ3n) is 11.9. The van der Waals surface area contributed by atoms with Crippen LogP contribution in [-0.2, 0) is 0 Å². The summed E-state index contributed by atoms with van der Waals surface area (Å²) in [4.78, 5) is 16.0. The molecule has 0 N–H and O–H groups in total. The monoisotopic (exact) mass is 793 g/mol. The van der Waals surface area contributed by atoms with E-state index in [0.717, 1.165) is 38.6 Å². The summed E-state index contributed by atoms with van der Waals surface area (Å²) >= 11 is 1.79. The van der Waals surface area contributed by atoms with E-state index in [1.54, 1.807) is 11.3 Å². The van der Waals surface area contributed by atoms with Crippen LogP contribution in [0, 0.1) is 0 Å². The van der Waals surface area contributed by atoms with Gasteiger partial charge < -0.3 is 0 Å². The van der Waals surface area contributed by atoms with E-state index in [4.69, 9.17) is 15.0 Å². The van der Waals surface area contributed by atoms with Gasteiger partial charge in [0, 0.05) is 36.9 Å².